The van der Waals surface area contributed by atoms with Gasteiger partial charge >= 0.3 is 11.9 Å². The fourth-order valence-electron chi connectivity index (χ4n) is 2.29. The largest absolute Gasteiger partial charge is 0.463 e. The van der Waals surface area contributed by atoms with Crippen LogP contribution in [-0.2, 0) is 35.1 Å². The summed E-state index contributed by atoms with van der Waals surface area (Å²) in [5.41, 5.74) is 0.573. The normalized spacial score (nSPS) is 21.8. The molecule has 1 heterocycles. The van der Waals surface area contributed by atoms with Crippen LogP contribution < -0.4 is 0 Å². The average Bonchev–Trinajstić information content (AvgIpc) is 2.59. The van der Waals surface area contributed by atoms with Gasteiger partial charge in [0.25, 0.3) is 5.69 Å². The first kappa shape index (κ1) is 19.5. The predicted molar refractivity (Wildman–Crippen MR) is 87.9 cm³/mol. The first-order chi connectivity index (χ1) is 12.3. The molecular weight excluding hydrogens is 346 g/mol. The standard InChI is InChI=1S/C17H19NO8/c1-11(19)23-10-16-15(25-12(2)20)6-7-17(26-16)24-9-13-4-3-5-14(8-13)18(21)22/h3-8,15-17H,9-10H2,1-2H3/t15-,16+,17-/m0/s1. The van der Waals surface area contributed by atoms with E-state index in [1.54, 1.807) is 24.3 Å². The molecule has 0 radical (unpaired) electrons. The molecule has 0 saturated heterocycles. The van der Waals surface area contributed by atoms with Crippen molar-refractivity contribution >= 4 is 17.6 Å². The first-order valence-electron chi connectivity index (χ1n) is 7.84. The Morgan fingerprint density at radius 2 is 2.00 bits per heavy atom. The smallest absolute Gasteiger partial charge is 0.303 e. The molecule has 1 aliphatic rings. The lowest BCUT2D eigenvalue weighted by molar-refractivity contribution is -0.385. The zero-order valence-electron chi connectivity index (χ0n) is 14.3. The lowest BCUT2D eigenvalue weighted by atomic mass is 10.1. The maximum absolute atomic E-state index is 11.2. The molecule has 9 heteroatoms. The van der Waals surface area contributed by atoms with Crippen LogP contribution in [-0.4, -0.2) is 42.0 Å². The van der Waals surface area contributed by atoms with Crippen molar-refractivity contribution in [3.8, 4) is 0 Å². The molecule has 0 spiro atoms. The predicted octanol–water partition coefficient (Wildman–Crippen LogP) is 1.89. The van der Waals surface area contributed by atoms with E-state index >= 15 is 0 Å². The van der Waals surface area contributed by atoms with Crippen molar-refractivity contribution in [3.05, 3.63) is 52.1 Å². The summed E-state index contributed by atoms with van der Waals surface area (Å²) in [5.74, 6) is -0.981. The molecule has 2 rings (SSSR count). The molecule has 1 aromatic carbocycles. The van der Waals surface area contributed by atoms with Crippen LogP contribution in [0.4, 0.5) is 5.69 Å². The van der Waals surface area contributed by atoms with E-state index < -0.39 is 35.4 Å². The maximum Gasteiger partial charge on any atom is 0.303 e. The van der Waals surface area contributed by atoms with Gasteiger partial charge in [0.15, 0.2) is 6.29 Å². The van der Waals surface area contributed by atoms with Gasteiger partial charge in [0, 0.05) is 26.0 Å². The second-order valence-electron chi connectivity index (χ2n) is 5.54. The lowest BCUT2D eigenvalue weighted by Crippen LogP contribution is -2.42. The van der Waals surface area contributed by atoms with Crippen molar-refractivity contribution in [1.29, 1.82) is 0 Å². The Labute approximate surface area is 149 Å². The molecule has 3 atom stereocenters. The summed E-state index contributed by atoms with van der Waals surface area (Å²) in [7, 11) is 0. The zero-order valence-corrected chi connectivity index (χ0v) is 14.3. The Hall–Kier alpha value is -2.78. The van der Waals surface area contributed by atoms with Crippen LogP contribution in [0.1, 0.15) is 19.4 Å². The van der Waals surface area contributed by atoms with Gasteiger partial charge in [-0.05, 0) is 17.7 Å². The minimum Gasteiger partial charge on any atom is -0.463 e. The van der Waals surface area contributed by atoms with Crippen molar-refractivity contribution in [1.82, 2.24) is 0 Å². The molecule has 1 aromatic rings. The van der Waals surface area contributed by atoms with Crippen LogP contribution in [0.3, 0.4) is 0 Å². The molecule has 0 saturated carbocycles. The van der Waals surface area contributed by atoms with Gasteiger partial charge in [0.2, 0.25) is 0 Å². The van der Waals surface area contributed by atoms with Gasteiger partial charge in [-0.25, -0.2) is 0 Å². The van der Waals surface area contributed by atoms with E-state index in [1.807, 2.05) is 0 Å². The average molecular weight is 365 g/mol. The number of carbonyl (C=O) groups is 2. The summed E-state index contributed by atoms with van der Waals surface area (Å²) >= 11 is 0. The Balaban J connectivity index is 1.98. The Morgan fingerprint density at radius 1 is 1.23 bits per heavy atom. The molecule has 9 nitrogen and oxygen atoms in total. The molecule has 140 valence electrons. The number of esters is 2. The monoisotopic (exact) mass is 365 g/mol. The number of rotatable bonds is 7. The Bertz CT molecular complexity index is 702. The summed E-state index contributed by atoms with van der Waals surface area (Å²) in [6, 6.07) is 6.05. The van der Waals surface area contributed by atoms with E-state index in [0.29, 0.717) is 5.56 Å². The Morgan fingerprint density at radius 3 is 2.65 bits per heavy atom. The third-order valence-corrected chi connectivity index (χ3v) is 3.42. The number of nitro benzene ring substituents is 1. The van der Waals surface area contributed by atoms with Crippen LogP contribution in [0.15, 0.2) is 36.4 Å². The molecule has 26 heavy (non-hydrogen) atoms. The van der Waals surface area contributed by atoms with Crippen molar-refractivity contribution in [2.45, 2.75) is 39.0 Å². The number of hydrogen-bond acceptors (Lipinski definition) is 8. The van der Waals surface area contributed by atoms with Crippen LogP contribution in [0.2, 0.25) is 0 Å². The third-order valence-electron chi connectivity index (χ3n) is 3.42. The van der Waals surface area contributed by atoms with Crippen LogP contribution in [0, 0.1) is 10.1 Å². The van der Waals surface area contributed by atoms with E-state index in [2.05, 4.69) is 0 Å². The number of non-ortho nitro benzene ring substituents is 1. The van der Waals surface area contributed by atoms with Gasteiger partial charge in [-0.1, -0.05) is 12.1 Å². The van der Waals surface area contributed by atoms with Gasteiger partial charge in [0.1, 0.15) is 18.8 Å². The number of nitrogens with zero attached hydrogens (tertiary/aromatic N) is 1. The molecule has 0 aromatic heterocycles. The van der Waals surface area contributed by atoms with Crippen molar-refractivity contribution in [3.63, 3.8) is 0 Å². The molecule has 0 N–H and O–H groups in total. The molecule has 1 aliphatic heterocycles. The fraction of sp³-hybridized carbons (Fsp3) is 0.412. The van der Waals surface area contributed by atoms with Gasteiger partial charge in [-0.2, -0.15) is 0 Å². The van der Waals surface area contributed by atoms with Gasteiger partial charge in [-0.3, -0.25) is 19.7 Å². The third kappa shape index (κ3) is 5.94. The number of ether oxygens (including phenoxy) is 4. The summed E-state index contributed by atoms with van der Waals surface area (Å²) < 4.78 is 21.3. The quantitative estimate of drug-likeness (QED) is 0.311. The molecule has 0 unspecified atom stereocenters. The minimum absolute atomic E-state index is 0.0335. The fourth-order valence-corrected chi connectivity index (χ4v) is 2.29. The van der Waals surface area contributed by atoms with E-state index in [0.717, 1.165) is 0 Å². The first-order valence-corrected chi connectivity index (χ1v) is 7.84. The zero-order chi connectivity index (χ0) is 19.1. The summed E-state index contributed by atoms with van der Waals surface area (Å²) in [5, 5.41) is 10.8. The lowest BCUT2D eigenvalue weighted by Gasteiger charge is -2.31. The van der Waals surface area contributed by atoms with E-state index in [9.17, 15) is 19.7 Å². The highest BCUT2D eigenvalue weighted by Crippen LogP contribution is 2.20. The number of hydrogen-bond donors (Lipinski definition) is 0. The molecule has 0 aliphatic carbocycles. The number of benzene rings is 1. The highest BCUT2D eigenvalue weighted by atomic mass is 16.7. The van der Waals surface area contributed by atoms with Crippen molar-refractivity contribution in [2.75, 3.05) is 6.61 Å². The van der Waals surface area contributed by atoms with Crippen molar-refractivity contribution in [2.24, 2.45) is 0 Å². The van der Waals surface area contributed by atoms with Gasteiger partial charge < -0.3 is 18.9 Å². The molecular formula is C17H19NO8. The minimum atomic E-state index is -0.776. The maximum atomic E-state index is 11.2. The Kier molecular flexibility index (Phi) is 6.81. The summed E-state index contributed by atoms with van der Waals surface area (Å²) in [4.78, 5) is 32.5. The van der Waals surface area contributed by atoms with Crippen LogP contribution >= 0.6 is 0 Å². The van der Waals surface area contributed by atoms with Crippen molar-refractivity contribution < 1.29 is 33.5 Å². The highest BCUT2D eigenvalue weighted by Gasteiger charge is 2.31. The van der Waals surface area contributed by atoms with Gasteiger partial charge in [0.05, 0.1) is 11.5 Å². The summed E-state index contributed by atoms with van der Waals surface area (Å²) in [6.07, 6.45) is 0.959. The van der Waals surface area contributed by atoms with E-state index in [1.165, 1.54) is 26.0 Å². The highest BCUT2D eigenvalue weighted by molar-refractivity contribution is 5.66. The SMILES string of the molecule is CC(=O)OC[C@H]1O[C@H](OCc2cccc([N+](=O)[O-])c2)C=C[C@@H]1OC(C)=O. The molecule has 0 fully saturated rings. The second-order valence-corrected chi connectivity index (χ2v) is 5.54. The van der Waals surface area contributed by atoms with Gasteiger partial charge in [-0.15, -0.1) is 0 Å². The molecule has 0 bridgehead atoms. The summed E-state index contributed by atoms with van der Waals surface area (Å²) in [6.45, 7) is 2.50. The van der Waals surface area contributed by atoms with E-state index in [-0.39, 0.29) is 18.9 Å². The van der Waals surface area contributed by atoms with Crippen LogP contribution in [0.25, 0.3) is 0 Å². The van der Waals surface area contributed by atoms with Crippen LogP contribution in [0.5, 0.6) is 0 Å². The number of carbonyl (C=O) groups excluding carboxylic acids is 2. The topological polar surface area (TPSA) is 114 Å². The van der Waals surface area contributed by atoms with E-state index in [4.69, 9.17) is 18.9 Å². The number of nitro groups is 1. The second kappa shape index (κ2) is 9.07. The molecule has 0 amide bonds.